The maximum Gasteiger partial charge on any atom is 0.573 e. The molecule has 1 aliphatic heterocycles. The molecule has 3 aromatic carbocycles. The molecular formula is C32H30F3N5O2S. The molecule has 7 nitrogen and oxygen atoms in total. The highest BCUT2D eigenvalue weighted by Crippen LogP contribution is 2.50. The van der Waals surface area contributed by atoms with Gasteiger partial charge in [0.25, 0.3) is 0 Å². The molecule has 2 fully saturated rings. The molecule has 2 aliphatic rings. The fourth-order valence-corrected chi connectivity index (χ4v) is 6.72. The van der Waals surface area contributed by atoms with E-state index in [4.69, 9.17) is 0 Å². The smallest absolute Gasteiger partial charge is 0.406 e. The average molecular weight is 606 g/mol. The molecule has 43 heavy (non-hydrogen) atoms. The first-order valence-corrected chi connectivity index (χ1v) is 15.0. The number of amides is 1. The van der Waals surface area contributed by atoms with Gasteiger partial charge in [-0.05, 0) is 80.0 Å². The van der Waals surface area contributed by atoms with Crippen molar-refractivity contribution < 1.29 is 22.7 Å². The van der Waals surface area contributed by atoms with Gasteiger partial charge < -0.3 is 9.64 Å². The predicted octanol–water partition coefficient (Wildman–Crippen LogP) is 7.39. The van der Waals surface area contributed by atoms with E-state index in [-0.39, 0.29) is 17.6 Å². The van der Waals surface area contributed by atoms with Crippen molar-refractivity contribution in [1.82, 2.24) is 14.8 Å². The van der Waals surface area contributed by atoms with E-state index in [1.165, 1.54) is 52.0 Å². The Kier molecular flexibility index (Phi) is 7.76. The van der Waals surface area contributed by atoms with Crippen molar-refractivity contribution in [3.8, 4) is 22.8 Å². The number of hydrogen-bond acceptors (Lipinski definition) is 5. The van der Waals surface area contributed by atoms with Crippen LogP contribution in [-0.2, 0) is 4.79 Å². The van der Waals surface area contributed by atoms with Crippen LogP contribution in [0.1, 0.15) is 41.0 Å². The van der Waals surface area contributed by atoms with Gasteiger partial charge in [0.15, 0.2) is 11.0 Å². The van der Waals surface area contributed by atoms with Crippen LogP contribution in [0.3, 0.4) is 0 Å². The van der Waals surface area contributed by atoms with Crippen LogP contribution in [0.25, 0.3) is 17.1 Å². The summed E-state index contributed by atoms with van der Waals surface area (Å²) in [5, 5.41) is 5.26. The monoisotopic (exact) mass is 605 g/mol. The van der Waals surface area contributed by atoms with Crippen LogP contribution in [0.5, 0.6) is 5.75 Å². The minimum Gasteiger partial charge on any atom is -0.406 e. The number of aliphatic imine (C=N–C) groups is 1. The minimum atomic E-state index is -4.74. The van der Waals surface area contributed by atoms with Crippen molar-refractivity contribution >= 4 is 28.5 Å². The standard InChI is InChI=1S/C32H30F3N5O2S/c1-19-14-20(2)29(21(3)15-19)39-12-13-43-31(39)37-28(41)17-24-16-27(24)22-4-6-23(7-5-22)30-36-18-40(38-30)25-8-10-26(11-9-25)42-32(33,34)35/h4-11,14-15,18,24,27H,12-13,16-17H2,1-3H3. The topological polar surface area (TPSA) is 72.6 Å². The van der Waals surface area contributed by atoms with Crippen LogP contribution >= 0.6 is 11.8 Å². The fraction of sp³-hybridized carbons (Fsp3) is 0.312. The Morgan fingerprint density at radius 2 is 1.74 bits per heavy atom. The number of halogens is 3. The van der Waals surface area contributed by atoms with Gasteiger partial charge in [-0.25, -0.2) is 9.67 Å². The molecular weight excluding hydrogens is 575 g/mol. The van der Waals surface area contributed by atoms with E-state index >= 15 is 0 Å². The SMILES string of the molecule is Cc1cc(C)c(N2CCSC2=NC(=O)CC2CC2c2ccc(-c3ncn(-c4ccc(OC(F)(F)F)cc4)n3)cc2)c(C)c1. The Hall–Kier alpha value is -4.12. The zero-order valence-corrected chi connectivity index (χ0v) is 24.7. The number of ether oxygens (including phenoxy) is 1. The van der Waals surface area contributed by atoms with E-state index in [0.29, 0.717) is 23.9 Å². The number of aryl methyl sites for hydroxylation is 3. The third-order valence-corrected chi connectivity index (χ3v) is 8.64. The highest BCUT2D eigenvalue weighted by molar-refractivity contribution is 8.14. The Morgan fingerprint density at radius 3 is 2.42 bits per heavy atom. The third kappa shape index (κ3) is 6.61. The van der Waals surface area contributed by atoms with Crippen molar-refractivity contribution in [2.75, 3.05) is 17.2 Å². The first-order valence-electron chi connectivity index (χ1n) is 14.0. The average Bonchev–Trinajstić information content (AvgIpc) is 3.29. The molecule has 2 unspecified atom stereocenters. The van der Waals surface area contributed by atoms with E-state index in [1.54, 1.807) is 11.8 Å². The summed E-state index contributed by atoms with van der Waals surface area (Å²) in [4.78, 5) is 24.0. The first kappa shape index (κ1) is 29.0. The molecule has 222 valence electrons. The van der Waals surface area contributed by atoms with Gasteiger partial charge in [0.1, 0.15) is 12.1 Å². The van der Waals surface area contributed by atoms with Crippen molar-refractivity contribution in [3.05, 3.63) is 89.2 Å². The first-order chi connectivity index (χ1) is 20.5. The van der Waals surface area contributed by atoms with Gasteiger partial charge >= 0.3 is 6.36 Å². The summed E-state index contributed by atoms with van der Waals surface area (Å²) in [5.41, 5.74) is 7.31. The maximum atomic E-state index is 13.0. The Bertz CT molecular complexity index is 1660. The van der Waals surface area contributed by atoms with Crippen molar-refractivity contribution in [2.45, 2.75) is 45.9 Å². The molecule has 1 aliphatic carbocycles. The van der Waals surface area contributed by atoms with Crippen molar-refractivity contribution in [1.29, 1.82) is 0 Å². The number of nitrogens with zero attached hydrogens (tertiary/aromatic N) is 5. The van der Waals surface area contributed by atoms with Crippen LogP contribution in [-0.4, -0.2) is 44.5 Å². The minimum absolute atomic E-state index is 0.0753. The quantitative estimate of drug-likeness (QED) is 0.219. The van der Waals surface area contributed by atoms with E-state index in [0.717, 1.165) is 40.7 Å². The molecule has 2 heterocycles. The van der Waals surface area contributed by atoms with Gasteiger partial charge in [0.05, 0.1) is 5.69 Å². The summed E-state index contributed by atoms with van der Waals surface area (Å²) in [6.07, 6.45) is -1.85. The lowest BCUT2D eigenvalue weighted by Crippen LogP contribution is -2.26. The molecule has 6 rings (SSSR count). The molecule has 1 aromatic heterocycles. The molecule has 1 amide bonds. The largest absolute Gasteiger partial charge is 0.573 e. The number of hydrogen-bond donors (Lipinski definition) is 0. The summed E-state index contributed by atoms with van der Waals surface area (Å²) < 4.78 is 42.7. The normalized spacial score (nSPS) is 19.2. The van der Waals surface area contributed by atoms with Crippen LogP contribution in [0.2, 0.25) is 0 Å². The summed E-state index contributed by atoms with van der Waals surface area (Å²) in [6, 6.07) is 17.8. The van der Waals surface area contributed by atoms with Gasteiger partial charge in [-0.15, -0.1) is 18.3 Å². The molecule has 2 atom stereocenters. The maximum absolute atomic E-state index is 13.0. The predicted molar refractivity (Wildman–Crippen MR) is 162 cm³/mol. The van der Waals surface area contributed by atoms with E-state index in [9.17, 15) is 18.0 Å². The number of benzene rings is 3. The highest BCUT2D eigenvalue weighted by atomic mass is 32.2. The third-order valence-electron chi connectivity index (χ3n) is 7.69. The van der Waals surface area contributed by atoms with Gasteiger partial charge in [-0.1, -0.05) is 53.7 Å². The number of thioether (sulfide) groups is 1. The van der Waals surface area contributed by atoms with Crippen LogP contribution < -0.4 is 9.64 Å². The van der Waals surface area contributed by atoms with E-state index < -0.39 is 6.36 Å². The Labute approximate surface area is 251 Å². The number of rotatable bonds is 7. The van der Waals surface area contributed by atoms with Crippen LogP contribution in [0, 0.1) is 26.7 Å². The molecule has 11 heteroatoms. The van der Waals surface area contributed by atoms with Crippen LogP contribution in [0.4, 0.5) is 18.9 Å². The van der Waals surface area contributed by atoms with E-state index in [2.05, 4.69) is 57.6 Å². The fourth-order valence-electron chi connectivity index (χ4n) is 5.76. The molecule has 1 saturated carbocycles. The second-order valence-corrected chi connectivity index (χ2v) is 12.1. The Morgan fingerprint density at radius 1 is 1.05 bits per heavy atom. The number of alkyl halides is 3. The number of aromatic nitrogens is 3. The summed E-state index contributed by atoms with van der Waals surface area (Å²) in [5.74, 6) is 1.62. The molecule has 0 spiro atoms. The zero-order chi connectivity index (χ0) is 30.3. The van der Waals surface area contributed by atoms with Gasteiger partial charge in [-0.2, -0.15) is 4.99 Å². The van der Waals surface area contributed by atoms with Gasteiger partial charge in [0.2, 0.25) is 5.91 Å². The number of anilines is 1. The lowest BCUT2D eigenvalue weighted by molar-refractivity contribution is -0.274. The van der Waals surface area contributed by atoms with Crippen molar-refractivity contribution in [2.24, 2.45) is 10.9 Å². The summed E-state index contributed by atoms with van der Waals surface area (Å²) in [7, 11) is 0. The molecule has 0 radical (unpaired) electrons. The Balaban J connectivity index is 1.06. The zero-order valence-electron chi connectivity index (χ0n) is 23.9. The number of amidine groups is 1. The molecule has 0 N–H and O–H groups in total. The number of carbonyl (C=O) groups excluding carboxylic acids is 1. The van der Waals surface area contributed by atoms with Crippen LogP contribution in [0.15, 0.2) is 72.0 Å². The summed E-state index contributed by atoms with van der Waals surface area (Å²) >= 11 is 1.64. The highest BCUT2D eigenvalue weighted by Gasteiger charge is 2.40. The van der Waals surface area contributed by atoms with Gasteiger partial charge in [-0.3, -0.25) is 4.79 Å². The molecule has 0 bridgehead atoms. The summed E-state index contributed by atoms with van der Waals surface area (Å²) in [6.45, 7) is 7.16. The number of carbonyl (C=O) groups is 1. The lowest BCUT2D eigenvalue weighted by Gasteiger charge is -2.23. The second-order valence-electron chi connectivity index (χ2n) is 11.0. The molecule has 1 saturated heterocycles. The second kappa shape index (κ2) is 11.5. The van der Waals surface area contributed by atoms with Crippen molar-refractivity contribution in [3.63, 3.8) is 0 Å². The van der Waals surface area contributed by atoms with Gasteiger partial charge in [0, 0.05) is 30.0 Å². The molecule has 4 aromatic rings. The lowest BCUT2D eigenvalue weighted by atomic mass is 10.0. The van der Waals surface area contributed by atoms with E-state index in [1.807, 2.05) is 24.3 Å².